The van der Waals surface area contributed by atoms with Crippen molar-refractivity contribution in [2.24, 2.45) is 0 Å². The van der Waals surface area contributed by atoms with Crippen molar-refractivity contribution in [1.29, 1.82) is 0 Å². The summed E-state index contributed by atoms with van der Waals surface area (Å²) in [5.74, 6) is 0. The van der Waals surface area contributed by atoms with Crippen molar-refractivity contribution < 1.29 is 9.84 Å². The number of aliphatic hydroxyl groups excluding tert-OH is 1. The van der Waals surface area contributed by atoms with E-state index in [1.54, 1.807) is 0 Å². The van der Waals surface area contributed by atoms with Crippen LogP contribution in [0.4, 0.5) is 0 Å². The molecule has 4 heteroatoms. The molecule has 1 aliphatic heterocycles. The van der Waals surface area contributed by atoms with Gasteiger partial charge in [-0.15, -0.1) is 0 Å². The third-order valence-electron chi connectivity index (χ3n) is 3.41. The van der Waals surface area contributed by atoms with E-state index in [0.717, 1.165) is 36.1 Å². The molecule has 1 aliphatic rings. The highest BCUT2D eigenvalue weighted by Gasteiger charge is 2.21. The fraction of sp³-hybridized carbons (Fsp3) is 0.571. The summed E-state index contributed by atoms with van der Waals surface area (Å²) in [6.07, 6.45) is 1.58. The zero-order chi connectivity index (χ0) is 13.0. The maximum Gasteiger partial charge on any atom is 0.0940 e. The summed E-state index contributed by atoms with van der Waals surface area (Å²) < 4.78 is 6.36. The first-order valence-electron chi connectivity index (χ1n) is 6.44. The minimum absolute atomic E-state index is 0.0503. The molecule has 2 unspecified atom stereocenters. The molecule has 0 saturated carbocycles. The van der Waals surface area contributed by atoms with Crippen molar-refractivity contribution in [2.45, 2.75) is 38.0 Å². The smallest absolute Gasteiger partial charge is 0.0940 e. The molecule has 1 saturated heterocycles. The minimum Gasteiger partial charge on any atom is -0.387 e. The lowest BCUT2D eigenvalue weighted by Crippen LogP contribution is -2.43. The Morgan fingerprint density at radius 3 is 2.50 bits per heavy atom. The van der Waals surface area contributed by atoms with Crippen LogP contribution in [-0.2, 0) is 4.74 Å². The molecule has 1 aromatic carbocycles. The SMILES string of the molecule is CC(NC1CCOCC1)C(O)c1ccc(Br)cc1. The highest BCUT2D eigenvalue weighted by Crippen LogP contribution is 2.20. The van der Waals surface area contributed by atoms with Gasteiger partial charge in [-0.1, -0.05) is 28.1 Å². The van der Waals surface area contributed by atoms with Gasteiger partial charge in [0.15, 0.2) is 0 Å². The number of halogens is 1. The number of nitrogens with one attached hydrogen (secondary N) is 1. The van der Waals surface area contributed by atoms with Gasteiger partial charge in [0.05, 0.1) is 6.10 Å². The lowest BCUT2D eigenvalue weighted by molar-refractivity contribution is 0.0627. The lowest BCUT2D eigenvalue weighted by atomic mass is 10.0. The van der Waals surface area contributed by atoms with Crippen molar-refractivity contribution >= 4 is 15.9 Å². The predicted octanol–water partition coefficient (Wildman–Crippen LogP) is 2.64. The largest absolute Gasteiger partial charge is 0.387 e. The second kappa shape index (κ2) is 6.66. The van der Waals surface area contributed by atoms with Crippen molar-refractivity contribution in [1.82, 2.24) is 5.32 Å². The van der Waals surface area contributed by atoms with Gasteiger partial charge in [-0.25, -0.2) is 0 Å². The summed E-state index contributed by atoms with van der Waals surface area (Å²) in [5.41, 5.74) is 0.949. The molecular formula is C14H20BrNO2. The van der Waals surface area contributed by atoms with Crippen LogP contribution in [0.25, 0.3) is 0 Å². The van der Waals surface area contributed by atoms with Gasteiger partial charge < -0.3 is 15.2 Å². The van der Waals surface area contributed by atoms with Crippen LogP contribution in [0.2, 0.25) is 0 Å². The normalized spacial score (nSPS) is 20.6. The number of hydrogen-bond acceptors (Lipinski definition) is 3. The Morgan fingerprint density at radius 2 is 1.89 bits per heavy atom. The summed E-state index contributed by atoms with van der Waals surface area (Å²) in [4.78, 5) is 0. The molecule has 100 valence electrons. The average Bonchev–Trinajstić information content (AvgIpc) is 2.40. The van der Waals surface area contributed by atoms with Gasteiger partial charge in [-0.05, 0) is 37.5 Å². The van der Waals surface area contributed by atoms with Crippen molar-refractivity contribution in [2.75, 3.05) is 13.2 Å². The van der Waals surface area contributed by atoms with E-state index in [1.165, 1.54) is 0 Å². The van der Waals surface area contributed by atoms with Crippen LogP contribution < -0.4 is 5.32 Å². The van der Waals surface area contributed by atoms with Gasteiger partial charge in [-0.2, -0.15) is 0 Å². The molecule has 3 nitrogen and oxygen atoms in total. The second-order valence-electron chi connectivity index (χ2n) is 4.84. The van der Waals surface area contributed by atoms with E-state index >= 15 is 0 Å². The Kier molecular flexibility index (Phi) is 5.18. The number of hydrogen-bond donors (Lipinski definition) is 2. The lowest BCUT2D eigenvalue weighted by Gasteiger charge is -2.29. The van der Waals surface area contributed by atoms with Crippen LogP contribution in [0.3, 0.4) is 0 Å². The maximum absolute atomic E-state index is 10.3. The zero-order valence-corrected chi connectivity index (χ0v) is 12.2. The Morgan fingerprint density at radius 1 is 1.28 bits per heavy atom. The van der Waals surface area contributed by atoms with Gasteiger partial charge in [0.25, 0.3) is 0 Å². The molecule has 1 aromatic rings. The Hall–Kier alpha value is -0.420. The second-order valence-corrected chi connectivity index (χ2v) is 5.75. The third kappa shape index (κ3) is 3.79. The van der Waals surface area contributed by atoms with E-state index in [-0.39, 0.29) is 6.04 Å². The Labute approximate surface area is 117 Å². The van der Waals surface area contributed by atoms with Gasteiger partial charge in [0.1, 0.15) is 0 Å². The molecule has 2 rings (SSSR count). The molecule has 1 fully saturated rings. The van der Waals surface area contributed by atoms with Gasteiger partial charge in [-0.3, -0.25) is 0 Å². The highest BCUT2D eigenvalue weighted by molar-refractivity contribution is 9.10. The summed E-state index contributed by atoms with van der Waals surface area (Å²) in [5, 5.41) is 13.8. The fourth-order valence-electron chi connectivity index (χ4n) is 2.28. The summed E-state index contributed by atoms with van der Waals surface area (Å²) >= 11 is 3.40. The molecule has 0 radical (unpaired) electrons. The molecule has 1 heterocycles. The van der Waals surface area contributed by atoms with E-state index in [1.807, 2.05) is 31.2 Å². The van der Waals surface area contributed by atoms with E-state index in [4.69, 9.17) is 4.74 Å². The van der Waals surface area contributed by atoms with Crippen molar-refractivity contribution in [3.8, 4) is 0 Å². The van der Waals surface area contributed by atoms with Crippen LogP contribution in [0.1, 0.15) is 31.4 Å². The molecule has 2 atom stereocenters. The third-order valence-corrected chi connectivity index (χ3v) is 3.93. The fourth-order valence-corrected chi connectivity index (χ4v) is 2.54. The summed E-state index contributed by atoms with van der Waals surface area (Å²) in [6, 6.07) is 8.33. The van der Waals surface area contributed by atoms with E-state index in [2.05, 4.69) is 21.2 Å². The number of ether oxygens (including phenoxy) is 1. The van der Waals surface area contributed by atoms with Gasteiger partial charge >= 0.3 is 0 Å². The van der Waals surface area contributed by atoms with Crippen molar-refractivity contribution in [3.05, 3.63) is 34.3 Å². The minimum atomic E-state index is -0.471. The van der Waals surface area contributed by atoms with Crippen LogP contribution in [-0.4, -0.2) is 30.4 Å². The quantitative estimate of drug-likeness (QED) is 0.898. The monoisotopic (exact) mass is 313 g/mol. The average molecular weight is 314 g/mol. The number of aliphatic hydroxyl groups is 1. The van der Waals surface area contributed by atoms with E-state index in [9.17, 15) is 5.11 Å². The predicted molar refractivity (Wildman–Crippen MR) is 75.5 cm³/mol. The Bertz CT molecular complexity index is 363. The molecule has 0 spiro atoms. The molecule has 2 N–H and O–H groups in total. The maximum atomic E-state index is 10.3. The molecule has 0 aliphatic carbocycles. The number of rotatable bonds is 4. The standard InChI is InChI=1S/C14H20BrNO2/c1-10(16-13-6-8-18-9-7-13)14(17)11-2-4-12(15)5-3-11/h2-5,10,13-14,16-17H,6-9H2,1H3. The summed E-state index contributed by atoms with van der Waals surface area (Å²) in [6.45, 7) is 3.67. The first kappa shape index (κ1) is 14.0. The first-order valence-corrected chi connectivity index (χ1v) is 7.23. The van der Waals surface area contributed by atoms with Gasteiger partial charge in [0.2, 0.25) is 0 Å². The van der Waals surface area contributed by atoms with Crippen LogP contribution in [0.15, 0.2) is 28.7 Å². The van der Waals surface area contributed by atoms with Crippen LogP contribution in [0.5, 0.6) is 0 Å². The van der Waals surface area contributed by atoms with Gasteiger partial charge in [0, 0.05) is 29.8 Å². The molecule has 0 amide bonds. The number of benzene rings is 1. The molecule has 18 heavy (non-hydrogen) atoms. The zero-order valence-electron chi connectivity index (χ0n) is 10.6. The van der Waals surface area contributed by atoms with E-state index in [0.29, 0.717) is 6.04 Å². The van der Waals surface area contributed by atoms with Crippen molar-refractivity contribution in [3.63, 3.8) is 0 Å². The molecule has 0 bridgehead atoms. The Balaban J connectivity index is 1.91. The highest BCUT2D eigenvalue weighted by atomic mass is 79.9. The first-order chi connectivity index (χ1) is 8.66. The van der Waals surface area contributed by atoms with Crippen LogP contribution in [0, 0.1) is 0 Å². The molecule has 0 aromatic heterocycles. The molecular weight excluding hydrogens is 294 g/mol. The van der Waals surface area contributed by atoms with Crippen LogP contribution >= 0.6 is 15.9 Å². The van der Waals surface area contributed by atoms with E-state index < -0.39 is 6.10 Å². The topological polar surface area (TPSA) is 41.5 Å². The summed E-state index contributed by atoms with van der Waals surface area (Å²) in [7, 11) is 0.